The molecule has 0 aliphatic heterocycles. The van der Waals surface area contributed by atoms with E-state index in [2.05, 4.69) is 10.1 Å². The molecular weight excluding hydrogens is 224 g/mol. The second kappa shape index (κ2) is 3.61. The van der Waals surface area contributed by atoms with Gasteiger partial charge in [0.1, 0.15) is 24.3 Å². The second-order valence-corrected chi connectivity index (χ2v) is 4.50. The van der Waals surface area contributed by atoms with Crippen molar-refractivity contribution in [3.8, 4) is 0 Å². The van der Waals surface area contributed by atoms with E-state index in [-0.39, 0.29) is 5.41 Å². The molecule has 1 aromatic heterocycles. The van der Waals surface area contributed by atoms with Gasteiger partial charge in [0.05, 0.1) is 6.54 Å². The normalized spacial score (nSPS) is 17.1. The highest BCUT2D eigenvalue weighted by Crippen LogP contribution is 2.50. The predicted octanol–water partition coefficient (Wildman–Crippen LogP) is 2.29. The molecule has 5 heteroatoms. The van der Waals surface area contributed by atoms with Crippen LogP contribution in [0.4, 0.5) is 8.78 Å². The van der Waals surface area contributed by atoms with E-state index in [0.717, 1.165) is 18.9 Å². The molecular formula is C12H11F2N3. The van der Waals surface area contributed by atoms with Crippen LogP contribution in [-0.2, 0) is 12.0 Å². The van der Waals surface area contributed by atoms with Crippen molar-refractivity contribution in [3.05, 3.63) is 48.1 Å². The Morgan fingerprint density at radius 1 is 1.29 bits per heavy atom. The first-order valence-electron chi connectivity index (χ1n) is 5.48. The molecule has 17 heavy (non-hydrogen) atoms. The van der Waals surface area contributed by atoms with Crippen LogP contribution in [0.3, 0.4) is 0 Å². The lowest BCUT2D eigenvalue weighted by molar-refractivity contribution is 0.473. The Balaban J connectivity index is 1.92. The first-order chi connectivity index (χ1) is 8.20. The fourth-order valence-electron chi connectivity index (χ4n) is 2.21. The van der Waals surface area contributed by atoms with Crippen molar-refractivity contribution in [2.24, 2.45) is 0 Å². The Labute approximate surface area is 97.1 Å². The van der Waals surface area contributed by atoms with Gasteiger partial charge in [-0.1, -0.05) is 6.07 Å². The fourth-order valence-corrected chi connectivity index (χ4v) is 2.21. The zero-order valence-corrected chi connectivity index (χ0v) is 9.11. The molecule has 1 fully saturated rings. The summed E-state index contributed by atoms with van der Waals surface area (Å²) >= 11 is 0. The minimum Gasteiger partial charge on any atom is -0.252 e. The molecule has 0 spiro atoms. The third kappa shape index (κ3) is 1.81. The van der Waals surface area contributed by atoms with Gasteiger partial charge in [0, 0.05) is 11.5 Å². The smallest absolute Gasteiger partial charge is 0.137 e. The largest absolute Gasteiger partial charge is 0.252 e. The van der Waals surface area contributed by atoms with Crippen LogP contribution >= 0.6 is 0 Å². The highest BCUT2D eigenvalue weighted by molar-refractivity contribution is 5.32. The summed E-state index contributed by atoms with van der Waals surface area (Å²) in [6, 6.07) is 3.78. The zero-order chi connectivity index (χ0) is 11.9. The van der Waals surface area contributed by atoms with Gasteiger partial charge in [-0.25, -0.2) is 13.8 Å². The van der Waals surface area contributed by atoms with E-state index in [1.807, 2.05) is 0 Å². The number of hydrogen-bond donors (Lipinski definition) is 0. The third-order valence-corrected chi connectivity index (χ3v) is 3.29. The van der Waals surface area contributed by atoms with Crippen LogP contribution < -0.4 is 0 Å². The van der Waals surface area contributed by atoms with Crippen LogP contribution in [0.2, 0.25) is 0 Å². The van der Waals surface area contributed by atoms with Crippen molar-refractivity contribution in [1.82, 2.24) is 14.8 Å². The highest BCUT2D eigenvalue weighted by Gasteiger charge is 2.46. The molecule has 1 aliphatic rings. The highest BCUT2D eigenvalue weighted by atomic mass is 19.1. The summed E-state index contributed by atoms with van der Waals surface area (Å²) in [6.45, 7) is 0.593. The molecule has 1 heterocycles. The summed E-state index contributed by atoms with van der Waals surface area (Å²) in [7, 11) is 0. The second-order valence-electron chi connectivity index (χ2n) is 4.50. The van der Waals surface area contributed by atoms with Crippen molar-refractivity contribution in [2.45, 2.75) is 24.8 Å². The maximum absolute atomic E-state index is 13.7. The number of rotatable bonds is 3. The summed E-state index contributed by atoms with van der Waals surface area (Å²) in [6.07, 6.45) is 4.86. The van der Waals surface area contributed by atoms with E-state index in [4.69, 9.17) is 0 Å². The molecule has 3 nitrogen and oxygen atoms in total. The van der Waals surface area contributed by atoms with E-state index in [0.29, 0.717) is 12.1 Å². The SMILES string of the molecule is Fc1ccc(C2(Cn3cncn3)CC2)c(F)c1. The summed E-state index contributed by atoms with van der Waals surface area (Å²) in [5, 5.41) is 4.02. The lowest BCUT2D eigenvalue weighted by Crippen LogP contribution is -2.18. The molecule has 0 unspecified atom stereocenters. The molecule has 1 saturated carbocycles. The van der Waals surface area contributed by atoms with Crippen molar-refractivity contribution in [3.63, 3.8) is 0 Å². The molecule has 88 valence electrons. The lowest BCUT2D eigenvalue weighted by Gasteiger charge is -2.16. The molecule has 0 N–H and O–H groups in total. The van der Waals surface area contributed by atoms with Crippen molar-refractivity contribution >= 4 is 0 Å². The van der Waals surface area contributed by atoms with Gasteiger partial charge in [0.15, 0.2) is 0 Å². The molecule has 0 radical (unpaired) electrons. The Bertz CT molecular complexity index is 533. The number of aromatic nitrogens is 3. The maximum atomic E-state index is 13.7. The van der Waals surface area contributed by atoms with Gasteiger partial charge in [-0.15, -0.1) is 0 Å². The molecule has 0 saturated heterocycles. The fraction of sp³-hybridized carbons (Fsp3) is 0.333. The van der Waals surface area contributed by atoms with Gasteiger partial charge in [0.25, 0.3) is 0 Å². The average molecular weight is 235 g/mol. The Morgan fingerprint density at radius 3 is 2.71 bits per heavy atom. The van der Waals surface area contributed by atoms with Crippen molar-refractivity contribution in [1.29, 1.82) is 0 Å². The Kier molecular flexibility index (Phi) is 2.21. The quantitative estimate of drug-likeness (QED) is 0.817. The van der Waals surface area contributed by atoms with Crippen molar-refractivity contribution < 1.29 is 8.78 Å². The predicted molar refractivity (Wildman–Crippen MR) is 57.3 cm³/mol. The lowest BCUT2D eigenvalue weighted by atomic mass is 9.95. The summed E-state index contributed by atoms with van der Waals surface area (Å²) in [5.41, 5.74) is 0.347. The first kappa shape index (κ1) is 10.4. The molecule has 0 amide bonds. The van der Waals surface area contributed by atoms with E-state index < -0.39 is 11.6 Å². The van der Waals surface area contributed by atoms with Crippen LogP contribution in [0.5, 0.6) is 0 Å². The third-order valence-electron chi connectivity index (χ3n) is 3.29. The van der Waals surface area contributed by atoms with E-state index in [1.54, 1.807) is 11.0 Å². The molecule has 0 bridgehead atoms. The van der Waals surface area contributed by atoms with Crippen LogP contribution in [0.1, 0.15) is 18.4 Å². The van der Waals surface area contributed by atoms with E-state index in [1.165, 1.54) is 18.5 Å². The molecule has 2 aromatic rings. The van der Waals surface area contributed by atoms with Gasteiger partial charge in [-0.05, 0) is 24.5 Å². The standard InChI is InChI=1S/C12H11F2N3/c13-9-1-2-10(11(14)5-9)12(3-4-12)6-17-8-15-7-16-17/h1-2,5,7-8H,3-4,6H2. The Morgan fingerprint density at radius 2 is 2.12 bits per heavy atom. The summed E-state index contributed by atoms with van der Waals surface area (Å²) < 4.78 is 28.3. The van der Waals surface area contributed by atoms with Crippen LogP contribution in [0, 0.1) is 11.6 Å². The monoisotopic (exact) mass is 235 g/mol. The van der Waals surface area contributed by atoms with Crippen LogP contribution in [-0.4, -0.2) is 14.8 Å². The van der Waals surface area contributed by atoms with Crippen LogP contribution in [0.15, 0.2) is 30.9 Å². The van der Waals surface area contributed by atoms with Gasteiger partial charge in [0.2, 0.25) is 0 Å². The number of halogens is 2. The molecule has 3 rings (SSSR count). The maximum Gasteiger partial charge on any atom is 0.137 e. The Hall–Kier alpha value is -1.78. The van der Waals surface area contributed by atoms with Gasteiger partial charge in [-0.3, -0.25) is 4.68 Å². The molecule has 1 aliphatic carbocycles. The van der Waals surface area contributed by atoms with Crippen LogP contribution in [0.25, 0.3) is 0 Å². The summed E-state index contributed by atoms with van der Waals surface area (Å²) in [4.78, 5) is 3.86. The minimum atomic E-state index is -0.539. The molecule has 1 aromatic carbocycles. The number of benzene rings is 1. The van der Waals surface area contributed by atoms with E-state index >= 15 is 0 Å². The molecule has 0 atom stereocenters. The average Bonchev–Trinajstić information content (AvgIpc) is 2.86. The van der Waals surface area contributed by atoms with Gasteiger partial charge >= 0.3 is 0 Å². The van der Waals surface area contributed by atoms with Gasteiger partial charge in [-0.2, -0.15) is 5.10 Å². The topological polar surface area (TPSA) is 30.7 Å². The summed E-state index contributed by atoms with van der Waals surface area (Å²) in [5.74, 6) is -1.01. The first-order valence-corrected chi connectivity index (χ1v) is 5.48. The number of hydrogen-bond acceptors (Lipinski definition) is 2. The minimum absolute atomic E-state index is 0.231. The number of nitrogens with zero attached hydrogens (tertiary/aromatic N) is 3. The van der Waals surface area contributed by atoms with Crippen molar-refractivity contribution in [2.75, 3.05) is 0 Å². The van der Waals surface area contributed by atoms with E-state index in [9.17, 15) is 8.78 Å². The zero-order valence-electron chi connectivity index (χ0n) is 9.11. The van der Waals surface area contributed by atoms with Gasteiger partial charge < -0.3 is 0 Å².